The van der Waals surface area contributed by atoms with Gasteiger partial charge in [-0.3, -0.25) is 4.79 Å². The maximum atomic E-state index is 11.9. The van der Waals surface area contributed by atoms with Crippen LogP contribution in [0.2, 0.25) is 0 Å². The van der Waals surface area contributed by atoms with Crippen LogP contribution in [0.1, 0.15) is 23.6 Å². The molecule has 2 N–H and O–H groups in total. The Labute approximate surface area is 125 Å². The summed E-state index contributed by atoms with van der Waals surface area (Å²) in [6, 6.07) is 17.7. The van der Waals surface area contributed by atoms with Crippen molar-refractivity contribution in [2.24, 2.45) is 5.73 Å². The standard InChI is InChI=1S/C18H21NO2/c1-14(19)10-16-8-5-9-17(11-16)12-18(20)21-13-15-6-3-2-4-7-15/h2-9,11,14H,10,12-13,19H2,1H3/t14-/m1/s1. The molecular formula is C18H21NO2. The monoisotopic (exact) mass is 283 g/mol. The zero-order valence-corrected chi connectivity index (χ0v) is 12.3. The zero-order valence-electron chi connectivity index (χ0n) is 12.3. The van der Waals surface area contributed by atoms with E-state index in [0.717, 1.165) is 23.1 Å². The highest BCUT2D eigenvalue weighted by atomic mass is 16.5. The smallest absolute Gasteiger partial charge is 0.310 e. The van der Waals surface area contributed by atoms with Gasteiger partial charge in [0.1, 0.15) is 6.61 Å². The number of ether oxygens (including phenoxy) is 1. The first-order valence-electron chi connectivity index (χ1n) is 7.16. The fourth-order valence-corrected chi connectivity index (χ4v) is 2.19. The van der Waals surface area contributed by atoms with Gasteiger partial charge in [0.15, 0.2) is 0 Å². The van der Waals surface area contributed by atoms with E-state index in [4.69, 9.17) is 10.5 Å². The van der Waals surface area contributed by atoms with Gasteiger partial charge < -0.3 is 10.5 Å². The lowest BCUT2D eigenvalue weighted by Gasteiger charge is -2.08. The van der Waals surface area contributed by atoms with Gasteiger partial charge in [-0.15, -0.1) is 0 Å². The van der Waals surface area contributed by atoms with Crippen molar-refractivity contribution in [1.82, 2.24) is 0 Å². The summed E-state index contributed by atoms with van der Waals surface area (Å²) < 4.78 is 5.29. The summed E-state index contributed by atoms with van der Waals surface area (Å²) in [4.78, 5) is 11.9. The topological polar surface area (TPSA) is 52.3 Å². The molecule has 0 heterocycles. The Morgan fingerprint density at radius 2 is 1.71 bits per heavy atom. The Hall–Kier alpha value is -2.13. The van der Waals surface area contributed by atoms with Gasteiger partial charge in [0.05, 0.1) is 6.42 Å². The predicted octanol–water partition coefficient (Wildman–Crippen LogP) is 2.86. The van der Waals surface area contributed by atoms with Crippen LogP contribution >= 0.6 is 0 Å². The molecule has 3 heteroatoms. The number of rotatable bonds is 6. The molecular weight excluding hydrogens is 262 g/mol. The van der Waals surface area contributed by atoms with Crippen molar-refractivity contribution < 1.29 is 9.53 Å². The van der Waals surface area contributed by atoms with Crippen LogP contribution < -0.4 is 5.73 Å². The van der Waals surface area contributed by atoms with E-state index in [0.29, 0.717) is 13.0 Å². The Morgan fingerprint density at radius 1 is 1.05 bits per heavy atom. The molecule has 0 spiro atoms. The number of hydrogen-bond donors (Lipinski definition) is 1. The molecule has 0 fully saturated rings. The summed E-state index contributed by atoms with van der Waals surface area (Å²) >= 11 is 0. The van der Waals surface area contributed by atoms with E-state index in [-0.39, 0.29) is 12.0 Å². The second-order valence-electron chi connectivity index (χ2n) is 5.32. The third kappa shape index (κ3) is 5.40. The molecule has 110 valence electrons. The van der Waals surface area contributed by atoms with Crippen molar-refractivity contribution in [3.05, 3.63) is 71.3 Å². The van der Waals surface area contributed by atoms with Gasteiger partial charge in [-0.05, 0) is 30.0 Å². The lowest BCUT2D eigenvalue weighted by molar-refractivity contribution is -0.144. The molecule has 0 aliphatic carbocycles. The molecule has 2 aromatic carbocycles. The minimum Gasteiger partial charge on any atom is -0.461 e. The lowest BCUT2D eigenvalue weighted by Crippen LogP contribution is -2.17. The molecule has 3 nitrogen and oxygen atoms in total. The van der Waals surface area contributed by atoms with Gasteiger partial charge >= 0.3 is 5.97 Å². The van der Waals surface area contributed by atoms with Crippen molar-refractivity contribution >= 4 is 5.97 Å². The SMILES string of the molecule is C[C@@H](N)Cc1cccc(CC(=O)OCc2ccccc2)c1. The highest BCUT2D eigenvalue weighted by Gasteiger charge is 2.06. The fraction of sp³-hybridized carbons (Fsp3) is 0.278. The molecule has 0 aliphatic rings. The van der Waals surface area contributed by atoms with E-state index in [1.165, 1.54) is 0 Å². The maximum absolute atomic E-state index is 11.9. The predicted molar refractivity (Wildman–Crippen MR) is 83.7 cm³/mol. The normalized spacial score (nSPS) is 11.9. The average molecular weight is 283 g/mol. The Kier molecular flexibility index (Phi) is 5.52. The molecule has 0 aromatic heterocycles. The molecule has 0 unspecified atom stereocenters. The van der Waals surface area contributed by atoms with E-state index >= 15 is 0 Å². The summed E-state index contributed by atoms with van der Waals surface area (Å²) in [6.07, 6.45) is 1.10. The Morgan fingerprint density at radius 3 is 2.43 bits per heavy atom. The maximum Gasteiger partial charge on any atom is 0.310 e. The number of carbonyl (C=O) groups is 1. The summed E-state index contributed by atoms with van der Waals surface area (Å²) in [5.41, 5.74) is 8.91. The van der Waals surface area contributed by atoms with Gasteiger partial charge in [0.25, 0.3) is 0 Å². The summed E-state index contributed by atoms with van der Waals surface area (Å²) in [5, 5.41) is 0. The van der Waals surface area contributed by atoms with E-state index in [2.05, 4.69) is 0 Å². The van der Waals surface area contributed by atoms with E-state index in [1.54, 1.807) is 0 Å². The number of nitrogens with two attached hydrogens (primary N) is 1. The number of benzene rings is 2. The Bertz CT molecular complexity index is 579. The van der Waals surface area contributed by atoms with E-state index in [9.17, 15) is 4.79 Å². The molecule has 21 heavy (non-hydrogen) atoms. The van der Waals surface area contributed by atoms with Crippen LogP contribution in [0.15, 0.2) is 54.6 Å². The van der Waals surface area contributed by atoms with E-state index in [1.807, 2.05) is 61.5 Å². The lowest BCUT2D eigenvalue weighted by atomic mass is 10.0. The second-order valence-corrected chi connectivity index (χ2v) is 5.32. The molecule has 2 aromatic rings. The molecule has 0 aliphatic heterocycles. The first-order chi connectivity index (χ1) is 10.1. The van der Waals surface area contributed by atoms with Gasteiger partial charge in [-0.2, -0.15) is 0 Å². The largest absolute Gasteiger partial charge is 0.461 e. The average Bonchev–Trinajstić information content (AvgIpc) is 2.46. The second kappa shape index (κ2) is 7.60. The van der Waals surface area contributed by atoms with Crippen LogP contribution in [0, 0.1) is 0 Å². The number of esters is 1. The van der Waals surface area contributed by atoms with Crippen molar-refractivity contribution in [2.45, 2.75) is 32.4 Å². The quantitative estimate of drug-likeness (QED) is 0.829. The first kappa shape index (κ1) is 15.3. The van der Waals surface area contributed by atoms with Crippen LogP contribution in [0.5, 0.6) is 0 Å². The zero-order chi connectivity index (χ0) is 15.1. The van der Waals surface area contributed by atoms with Crippen LogP contribution in [0.4, 0.5) is 0 Å². The summed E-state index contributed by atoms with van der Waals surface area (Å²) in [6.45, 7) is 2.29. The molecule has 0 amide bonds. The minimum absolute atomic E-state index is 0.116. The van der Waals surface area contributed by atoms with Crippen molar-refractivity contribution in [2.75, 3.05) is 0 Å². The van der Waals surface area contributed by atoms with Crippen molar-refractivity contribution in [1.29, 1.82) is 0 Å². The van der Waals surface area contributed by atoms with Crippen LogP contribution in [0.25, 0.3) is 0 Å². The van der Waals surface area contributed by atoms with Crippen LogP contribution in [0.3, 0.4) is 0 Å². The van der Waals surface area contributed by atoms with Crippen LogP contribution in [-0.2, 0) is 29.0 Å². The fourth-order valence-electron chi connectivity index (χ4n) is 2.19. The molecule has 0 saturated carbocycles. The Balaban J connectivity index is 1.87. The molecule has 0 bridgehead atoms. The minimum atomic E-state index is -0.211. The first-order valence-corrected chi connectivity index (χ1v) is 7.16. The third-order valence-corrected chi connectivity index (χ3v) is 3.14. The third-order valence-electron chi connectivity index (χ3n) is 3.14. The van der Waals surface area contributed by atoms with Gasteiger partial charge in [-0.1, -0.05) is 54.6 Å². The number of hydrogen-bond acceptors (Lipinski definition) is 3. The van der Waals surface area contributed by atoms with Crippen molar-refractivity contribution in [3.63, 3.8) is 0 Å². The highest BCUT2D eigenvalue weighted by molar-refractivity contribution is 5.72. The molecule has 2 rings (SSSR count). The van der Waals surface area contributed by atoms with Gasteiger partial charge in [0, 0.05) is 6.04 Å². The summed E-state index contributed by atoms with van der Waals surface area (Å²) in [7, 11) is 0. The summed E-state index contributed by atoms with van der Waals surface area (Å²) in [5.74, 6) is -0.211. The molecule has 0 saturated heterocycles. The van der Waals surface area contributed by atoms with Gasteiger partial charge in [0.2, 0.25) is 0 Å². The molecule has 0 radical (unpaired) electrons. The molecule has 1 atom stereocenters. The van der Waals surface area contributed by atoms with Crippen LogP contribution in [-0.4, -0.2) is 12.0 Å². The highest BCUT2D eigenvalue weighted by Crippen LogP contribution is 2.09. The number of carbonyl (C=O) groups excluding carboxylic acids is 1. The van der Waals surface area contributed by atoms with E-state index < -0.39 is 0 Å². The van der Waals surface area contributed by atoms with Crippen molar-refractivity contribution in [3.8, 4) is 0 Å². The van der Waals surface area contributed by atoms with Gasteiger partial charge in [-0.25, -0.2) is 0 Å².